The van der Waals surface area contributed by atoms with Crippen LogP contribution in [0.3, 0.4) is 0 Å². The van der Waals surface area contributed by atoms with Gasteiger partial charge in [0, 0.05) is 23.5 Å². The van der Waals surface area contributed by atoms with Crippen LogP contribution in [0.2, 0.25) is 5.02 Å². The highest BCUT2D eigenvalue weighted by molar-refractivity contribution is 6.32. The molecule has 0 fully saturated rings. The number of ether oxygens (including phenoxy) is 3. The number of benzene rings is 2. The van der Waals surface area contributed by atoms with E-state index in [-0.39, 0.29) is 11.6 Å². The minimum absolute atomic E-state index is 0.215. The molecule has 158 valence electrons. The summed E-state index contributed by atoms with van der Waals surface area (Å²) in [6.45, 7) is 0. The van der Waals surface area contributed by atoms with Crippen molar-refractivity contribution in [2.24, 2.45) is 0 Å². The molecule has 1 amide bonds. The van der Waals surface area contributed by atoms with Gasteiger partial charge in [-0.15, -0.1) is 0 Å². The number of nitrogens with zero attached hydrogens (tertiary/aromatic N) is 3. The fourth-order valence-corrected chi connectivity index (χ4v) is 3.42. The smallest absolute Gasteiger partial charge is 0.276 e. The Bertz CT molecular complexity index is 1270. The fourth-order valence-electron chi connectivity index (χ4n) is 3.16. The molecule has 0 unspecified atom stereocenters. The first-order valence-corrected chi connectivity index (χ1v) is 9.64. The normalized spacial score (nSPS) is 10.7. The summed E-state index contributed by atoms with van der Waals surface area (Å²) >= 11 is 6.13. The van der Waals surface area contributed by atoms with Crippen LogP contribution in [0.1, 0.15) is 10.5 Å². The molecule has 0 bridgehead atoms. The van der Waals surface area contributed by atoms with Crippen LogP contribution in [-0.2, 0) is 0 Å². The number of hydrogen-bond donors (Lipinski definition) is 1. The molecule has 8 nitrogen and oxygen atoms in total. The minimum Gasteiger partial charge on any atom is -0.495 e. The highest BCUT2D eigenvalue weighted by Crippen LogP contribution is 2.32. The van der Waals surface area contributed by atoms with Gasteiger partial charge in [0.15, 0.2) is 22.8 Å². The molecule has 4 rings (SSSR count). The van der Waals surface area contributed by atoms with E-state index in [2.05, 4.69) is 15.4 Å². The monoisotopic (exact) mass is 438 g/mol. The molecule has 4 aromatic rings. The van der Waals surface area contributed by atoms with Gasteiger partial charge in [0.1, 0.15) is 5.75 Å². The summed E-state index contributed by atoms with van der Waals surface area (Å²) < 4.78 is 17.4. The maximum atomic E-state index is 12.8. The van der Waals surface area contributed by atoms with Crippen LogP contribution >= 0.6 is 11.6 Å². The zero-order valence-corrected chi connectivity index (χ0v) is 17.8. The largest absolute Gasteiger partial charge is 0.495 e. The van der Waals surface area contributed by atoms with Gasteiger partial charge in [-0.05, 0) is 42.5 Å². The first-order chi connectivity index (χ1) is 15.0. The lowest BCUT2D eigenvalue weighted by molar-refractivity contribution is 0.102. The summed E-state index contributed by atoms with van der Waals surface area (Å²) in [5, 5.41) is 7.63. The number of methoxy groups -OCH3 is 3. The summed E-state index contributed by atoms with van der Waals surface area (Å²) in [6.07, 6.45) is 1.66. The van der Waals surface area contributed by atoms with Crippen molar-refractivity contribution in [2.75, 3.05) is 26.6 Å². The van der Waals surface area contributed by atoms with Crippen LogP contribution in [0.25, 0.3) is 16.9 Å². The number of amides is 1. The Hall–Kier alpha value is -3.78. The third kappa shape index (κ3) is 3.97. The van der Waals surface area contributed by atoms with E-state index < -0.39 is 0 Å². The Balaban J connectivity index is 1.67. The molecule has 0 spiro atoms. The van der Waals surface area contributed by atoms with Crippen LogP contribution in [-0.4, -0.2) is 41.8 Å². The van der Waals surface area contributed by atoms with Crippen molar-refractivity contribution >= 4 is 28.8 Å². The van der Waals surface area contributed by atoms with Crippen LogP contribution in [0, 0.1) is 0 Å². The average Bonchev–Trinajstić information content (AvgIpc) is 3.23. The lowest BCUT2D eigenvalue weighted by Gasteiger charge is -2.10. The van der Waals surface area contributed by atoms with Crippen molar-refractivity contribution in [3.8, 4) is 28.5 Å². The van der Waals surface area contributed by atoms with E-state index in [0.717, 1.165) is 11.3 Å². The molecule has 2 aromatic heterocycles. The molecule has 0 saturated carbocycles. The molecule has 0 aliphatic rings. The second-order valence-electron chi connectivity index (χ2n) is 6.50. The number of fused-ring (bicyclic) bond motifs is 1. The van der Waals surface area contributed by atoms with Crippen LogP contribution in [0.5, 0.6) is 17.2 Å². The number of halogens is 1. The number of aromatic nitrogens is 3. The second-order valence-corrected chi connectivity index (χ2v) is 6.91. The van der Waals surface area contributed by atoms with Gasteiger partial charge in [0.2, 0.25) is 0 Å². The molecule has 31 heavy (non-hydrogen) atoms. The van der Waals surface area contributed by atoms with Gasteiger partial charge in [0.05, 0.1) is 32.0 Å². The average molecular weight is 439 g/mol. The van der Waals surface area contributed by atoms with Gasteiger partial charge in [-0.2, -0.15) is 5.10 Å². The number of carbonyl (C=O) groups excluding carboxylic acids is 1. The molecule has 0 radical (unpaired) electrons. The van der Waals surface area contributed by atoms with E-state index in [1.165, 1.54) is 7.11 Å². The third-order valence-corrected chi connectivity index (χ3v) is 4.97. The Morgan fingerprint density at radius 2 is 1.68 bits per heavy atom. The summed E-state index contributed by atoms with van der Waals surface area (Å²) in [7, 11) is 4.68. The van der Waals surface area contributed by atoms with Crippen molar-refractivity contribution in [3.05, 3.63) is 65.4 Å². The number of anilines is 1. The Morgan fingerprint density at radius 3 is 2.39 bits per heavy atom. The van der Waals surface area contributed by atoms with Crippen LogP contribution in [0.15, 0.2) is 54.7 Å². The number of rotatable bonds is 6. The van der Waals surface area contributed by atoms with Crippen LogP contribution < -0.4 is 19.5 Å². The van der Waals surface area contributed by atoms with E-state index in [4.69, 9.17) is 25.8 Å². The molecular weight excluding hydrogens is 420 g/mol. The van der Waals surface area contributed by atoms with Gasteiger partial charge in [-0.3, -0.25) is 4.79 Å². The van der Waals surface area contributed by atoms with Crippen molar-refractivity contribution in [2.45, 2.75) is 0 Å². The van der Waals surface area contributed by atoms with Crippen molar-refractivity contribution < 1.29 is 19.0 Å². The number of nitrogens with one attached hydrogen (secondary N) is 1. The molecule has 9 heteroatoms. The van der Waals surface area contributed by atoms with Gasteiger partial charge in [-0.25, -0.2) is 9.50 Å². The minimum atomic E-state index is -0.384. The molecule has 0 aliphatic heterocycles. The Morgan fingerprint density at radius 1 is 0.935 bits per heavy atom. The maximum absolute atomic E-state index is 12.8. The molecule has 2 heterocycles. The summed E-state index contributed by atoms with van der Waals surface area (Å²) in [5.74, 6) is 1.35. The van der Waals surface area contributed by atoms with E-state index >= 15 is 0 Å². The fraction of sp³-hybridized carbons (Fsp3) is 0.136. The van der Waals surface area contributed by atoms with E-state index in [9.17, 15) is 4.79 Å². The highest BCUT2D eigenvalue weighted by Gasteiger charge is 2.16. The lowest BCUT2D eigenvalue weighted by Crippen LogP contribution is -2.12. The molecule has 0 saturated heterocycles. The predicted octanol–water partition coefficient (Wildman–Crippen LogP) is 4.33. The quantitative estimate of drug-likeness (QED) is 0.482. The van der Waals surface area contributed by atoms with Crippen molar-refractivity contribution in [1.82, 2.24) is 14.6 Å². The third-order valence-electron chi connectivity index (χ3n) is 4.68. The van der Waals surface area contributed by atoms with Crippen molar-refractivity contribution in [1.29, 1.82) is 0 Å². The SMILES string of the molecule is COc1ccc(NC(=O)c2cc3nccc(-c4ccc(OC)c(OC)c4)n3n2)cc1Cl. The summed E-state index contributed by atoms with van der Waals surface area (Å²) in [6, 6.07) is 14.0. The molecule has 0 atom stereocenters. The summed E-state index contributed by atoms with van der Waals surface area (Å²) in [5.41, 5.74) is 2.86. The first-order valence-electron chi connectivity index (χ1n) is 9.26. The Labute approximate surface area is 183 Å². The predicted molar refractivity (Wildman–Crippen MR) is 117 cm³/mol. The van der Waals surface area contributed by atoms with Gasteiger partial charge in [-0.1, -0.05) is 11.6 Å². The number of hydrogen-bond acceptors (Lipinski definition) is 6. The van der Waals surface area contributed by atoms with Gasteiger partial charge >= 0.3 is 0 Å². The molecule has 0 aliphatic carbocycles. The lowest BCUT2D eigenvalue weighted by atomic mass is 10.1. The highest BCUT2D eigenvalue weighted by atomic mass is 35.5. The Kier molecular flexibility index (Phi) is 5.64. The van der Waals surface area contributed by atoms with Crippen molar-refractivity contribution in [3.63, 3.8) is 0 Å². The molecule has 1 N–H and O–H groups in total. The van der Waals surface area contributed by atoms with E-state index in [0.29, 0.717) is 33.6 Å². The standard InChI is InChI=1S/C22H19ClN4O4/c1-29-18-7-5-14(11-15(18)23)25-22(28)16-12-21-24-9-8-17(27(21)26-16)13-4-6-19(30-2)20(10-13)31-3/h4-12H,1-3H3,(H,25,28). The van der Waals surface area contributed by atoms with Crippen LogP contribution in [0.4, 0.5) is 5.69 Å². The summed E-state index contributed by atoms with van der Waals surface area (Å²) in [4.78, 5) is 17.1. The second kappa shape index (κ2) is 8.53. The van der Waals surface area contributed by atoms with Gasteiger partial charge < -0.3 is 19.5 Å². The zero-order valence-electron chi connectivity index (χ0n) is 17.0. The maximum Gasteiger partial charge on any atom is 0.276 e. The van der Waals surface area contributed by atoms with E-state index in [1.807, 2.05) is 24.3 Å². The molecular formula is C22H19ClN4O4. The topological polar surface area (TPSA) is 87.0 Å². The molecule has 2 aromatic carbocycles. The van der Waals surface area contributed by atoms with E-state index in [1.54, 1.807) is 49.2 Å². The zero-order chi connectivity index (χ0) is 22.0. The van der Waals surface area contributed by atoms with Gasteiger partial charge in [0.25, 0.3) is 5.91 Å². The first kappa shape index (κ1) is 20.5. The number of carbonyl (C=O) groups is 1.